The molecule has 5 heteroatoms. The molecule has 25 heavy (non-hydrogen) atoms. The average molecular weight is 332 g/mol. The van der Waals surface area contributed by atoms with Crippen LogP contribution in [0.5, 0.6) is 5.75 Å². The number of hydrogen-bond acceptors (Lipinski definition) is 3. The molecule has 0 heterocycles. The molecule has 1 atom stereocenters. The number of azide groups is 1. The van der Waals surface area contributed by atoms with Crippen molar-refractivity contribution in [1.29, 1.82) is 0 Å². The summed E-state index contributed by atoms with van der Waals surface area (Å²) in [5, 5.41) is 9.47. The fraction of sp³-hybridized carbons (Fsp3) is 0.200. The third kappa shape index (κ3) is 4.29. The van der Waals surface area contributed by atoms with Crippen LogP contribution in [0.2, 0.25) is 0 Å². The molecular formula is C20H20N4O. The fourth-order valence-electron chi connectivity index (χ4n) is 2.84. The summed E-state index contributed by atoms with van der Waals surface area (Å²) in [6.07, 6.45) is 0. The molecule has 3 aromatic rings. The normalized spacial score (nSPS) is 11.7. The molecule has 3 rings (SSSR count). The van der Waals surface area contributed by atoms with Gasteiger partial charge in [-0.1, -0.05) is 59.7 Å². The highest BCUT2D eigenvalue weighted by atomic mass is 16.5. The quantitative estimate of drug-likeness (QED) is 0.360. The third-order valence-electron chi connectivity index (χ3n) is 4.18. The summed E-state index contributed by atoms with van der Waals surface area (Å²) in [4.78, 5) is 2.66. The molecule has 3 aromatic carbocycles. The van der Waals surface area contributed by atoms with Crippen LogP contribution in [-0.4, -0.2) is 6.73 Å². The molecule has 0 saturated carbocycles. The summed E-state index contributed by atoms with van der Waals surface area (Å²) in [7, 11) is 0. The second-order valence-corrected chi connectivity index (χ2v) is 5.82. The zero-order chi connectivity index (χ0) is 17.5. The van der Waals surface area contributed by atoms with Crippen molar-refractivity contribution in [3.63, 3.8) is 0 Å². The zero-order valence-corrected chi connectivity index (χ0v) is 14.1. The highest BCUT2D eigenvalue weighted by Crippen LogP contribution is 2.24. The number of ether oxygens (including phenoxy) is 1. The van der Waals surface area contributed by atoms with Crippen molar-refractivity contribution < 1.29 is 4.74 Å². The van der Waals surface area contributed by atoms with Crippen LogP contribution in [-0.2, 0) is 6.54 Å². The number of nitrogens with one attached hydrogen (secondary N) is 1. The van der Waals surface area contributed by atoms with E-state index in [9.17, 15) is 0 Å². The summed E-state index contributed by atoms with van der Waals surface area (Å²) in [5.41, 5.74) is 10.7. The second kappa shape index (κ2) is 8.20. The Morgan fingerprint density at radius 1 is 1.04 bits per heavy atom. The first-order valence-electron chi connectivity index (χ1n) is 8.21. The molecule has 0 unspecified atom stereocenters. The van der Waals surface area contributed by atoms with E-state index in [-0.39, 0.29) is 12.8 Å². The predicted molar refractivity (Wildman–Crippen MR) is 100 cm³/mol. The summed E-state index contributed by atoms with van der Waals surface area (Å²) in [6, 6.07) is 22.9. The van der Waals surface area contributed by atoms with E-state index in [4.69, 9.17) is 10.3 Å². The number of hydrogen-bond donors (Lipinski definition) is 1. The number of nitrogens with zero attached hydrogens (tertiary/aromatic N) is 3. The van der Waals surface area contributed by atoms with Crippen LogP contribution < -0.4 is 10.1 Å². The van der Waals surface area contributed by atoms with Crippen molar-refractivity contribution in [2.24, 2.45) is 5.11 Å². The fourth-order valence-corrected chi connectivity index (χ4v) is 2.84. The van der Waals surface area contributed by atoms with Crippen molar-refractivity contribution in [2.75, 3.05) is 6.73 Å². The molecule has 1 N–H and O–H groups in total. The summed E-state index contributed by atoms with van der Waals surface area (Å²) in [6.45, 7) is 2.95. The van der Waals surface area contributed by atoms with Gasteiger partial charge in [0.15, 0.2) is 6.73 Å². The summed E-state index contributed by atoms with van der Waals surface area (Å²) >= 11 is 0. The molecule has 0 aliphatic carbocycles. The van der Waals surface area contributed by atoms with Gasteiger partial charge in [0.05, 0.1) is 0 Å². The Bertz CT molecular complexity index is 880. The molecule has 0 spiro atoms. The molecule has 0 bridgehead atoms. The summed E-state index contributed by atoms with van der Waals surface area (Å²) in [5.74, 6) is 0.693. The molecule has 5 nitrogen and oxygen atoms in total. The Morgan fingerprint density at radius 2 is 1.80 bits per heavy atom. The predicted octanol–water partition coefficient (Wildman–Crippen LogP) is 5.34. The average Bonchev–Trinajstić information content (AvgIpc) is 2.67. The van der Waals surface area contributed by atoms with Crippen molar-refractivity contribution in [3.8, 4) is 5.75 Å². The van der Waals surface area contributed by atoms with Gasteiger partial charge in [0.2, 0.25) is 0 Å². The first-order chi connectivity index (χ1) is 12.3. The van der Waals surface area contributed by atoms with Gasteiger partial charge in [0, 0.05) is 17.5 Å². The van der Waals surface area contributed by atoms with Crippen molar-refractivity contribution in [2.45, 2.75) is 19.5 Å². The van der Waals surface area contributed by atoms with Gasteiger partial charge in [-0.3, -0.25) is 0 Å². The van der Waals surface area contributed by atoms with E-state index >= 15 is 0 Å². The van der Waals surface area contributed by atoms with E-state index in [1.807, 2.05) is 24.3 Å². The van der Waals surface area contributed by atoms with Gasteiger partial charge >= 0.3 is 0 Å². The minimum atomic E-state index is 0.00616. The summed E-state index contributed by atoms with van der Waals surface area (Å²) < 4.78 is 5.30. The van der Waals surface area contributed by atoms with E-state index in [2.05, 4.69) is 64.7 Å². The maximum absolute atomic E-state index is 8.24. The topological polar surface area (TPSA) is 70.0 Å². The minimum Gasteiger partial charge on any atom is -0.488 e. The van der Waals surface area contributed by atoms with Crippen LogP contribution in [0.3, 0.4) is 0 Å². The Morgan fingerprint density at radius 3 is 2.60 bits per heavy atom. The lowest BCUT2D eigenvalue weighted by Gasteiger charge is -2.17. The number of fused-ring (bicyclic) bond motifs is 1. The van der Waals surface area contributed by atoms with Crippen LogP contribution in [0, 0.1) is 0 Å². The largest absolute Gasteiger partial charge is 0.488 e. The smallest absolute Gasteiger partial charge is 0.167 e. The second-order valence-electron chi connectivity index (χ2n) is 5.82. The van der Waals surface area contributed by atoms with E-state index in [1.165, 1.54) is 21.9 Å². The monoisotopic (exact) mass is 332 g/mol. The standard InChI is InChI=1S/C20H20N4O/c1-15(19-8-4-6-17-5-2-3-7-20(17)19)22-13-16-9-11-18(12-10-16)25-14-23-24-21/h2-12,15,22H,13-14H2,1H3/t15-/m0/s1. The maximum Gasteiger partial charge on any atom is 0.167 e. The Hall–Kier alpha value is -3.01. The Kier molecular flexibility index (Phi) is 5.52. The molecule has 0 aromatic heterocycles. The van der Waals surface area contributed by atoms with Crippen LogP contribution in [0.25, 0.3) is 21.2 Å². The van der Waals surface area contributed by atoms with Gasteiger partial charge in [-0.15, -0.1) is 0 Å². The highest BCUT2D eigenvalue weighted by molar-refractivity contribution is 5.86. The van der Waals surface area contributed by atoms with Crippen LogP contribution >= 0.6 is 0 Å². The molecule has 126 valence electrons. The van der Waals surface area contributed by atoms with Crippen molar-refractivity contribution in [1.82, 2.24) is 5.32 Å². The van der Waals surface area contributed by atoms with Gasteiger partial charge in [-0.2, -0.15) is 0 Å². The Balaban J connectivity index is 1.63. The molecule has 0 fully saturated rings. The van der Waals surface area contributed by atoms with Crippen molar-refractivity contribution >= 4 is 10.8 Å². The lowest BCUT2D eigenvalue weighted by atomic mass is 9.99. The van der Waals surface area contributed by atoms with Crippen LogP contribution in [0.1, 0.15) is 24.1 Å². The first-order valence-corrected chi connectivity index (χ1v) is 8.21. The molecule has 0 aliphatic heterocycles. The SMILES string of the molecule is C[C@H](NCc1ccc(OCN=[N+]=[N-])cc1)c1cccc2ccccc12. The highest BCUT2D eigenvalue weighted by Gasteiger charge is 2.08. The van der Waals surface area contributed by atoms with Gasteiger partial charge in [-0.25, -0.2) is 0 Å². The molecular weight excluding hydrogens is 312 g/mol. The Labute approximate surface area is 146 Å². The van der Waals surface area contributed by atoms with E-state index in [1.54, 1.807) is 0 Å². The number of rotatable bonds is 7. The lowest BCUT2D eigenvalue weighted by Crippen LogP contribution is -2.18. The van der Waals surface area contributed by atoms with Crippen LogP contribution in [0.15, 0.2) is 71.8 Å². The third-order valence-corrected chi connectivity index (χ3v) is 4.18. The lowest BCUT2D eigenvalue weighted by molar-refractivity contribution is 0.329. The van der Waals surface area contributed by atoms with Gasteiger partial charge < -0.3 is 10.1 Å². The first kappa shape index (κ1) is 16.8. The zero-order valence-electron chi connectivity index (χ0n) is 14.1. The van der Waals surface area contributed by atoms with E-state index in [0.717, 1.165) is 6.54 Å². The van der Waals surface area contributed by atoms with Crippen LogP contribution in [0.4, 0.5) is 0 Å². The van der Waals surface area contributed by atoms with Gasteiger partial charge in [0.1, 0.15) is 5.75 Å². The van der Waals surface area contributed by atoms with Gasteiger partial charge in [-0.05, 0) is 46.5 Å². The van der Waals surface area contributed by atoms with Gasteiger partial charge in [0.25, 0.3) is 0 Å². The molecule has 0 aliphatic rings. The molecule has 0 radical (unpaired) electrons. The maximum atomic E-state index is 8.24. The van der Waals surface area contributed by atoms with E-state index in [0.29, 0.717) is 5.75 Å². The molecule has 0 amide bonds. The molecule has 0 saturated heterocycles. The minimum absolute atomic E-state index is 0.00616. The van der Waals surface area contributed by atoms with Crippen molar-refractivity contribution in [3.05, 3.63) is 88.3 Å². The van der Waals surface area contributed by atoms with E-state index < -0.39 is 0 Å². The number of benzene rings is 3.